The molecule has 6 rings (SSSR count). The lowest BCUT2D eigenvalue weighted by Gasteiger charge is -2.38. The SMILES string of the molecule is CC[C@@]12C=CCN(Cc3ccccc3)C(=O)[C@@H]1[C@H]1C(=O)N(CCCO)C3C(=O)N(Cc4ccccc4)CC=C[C@@]31O2. The number of rotatable bonds is 8. The summed E-state index contributed by atoms with van der Waals surface area (Å²) in [5, 5.41) is 9.65. The Labute approximate surface area is 240 Å². The third-order valence-electron chi connectivity index (χ3n) is 9.10. The van der Waals surface area contributed by atoms with Gasteiger partial charge in [-0.3, -0.25) is 14.4 Å². The van der Waals surface area contributed by atoms with Crippen LogP contribution in [-0.4, -0.2) is 81.0 Å². The molecule has 3 amide bonds. The summed E-state index contributed by atoms with van der Waals surface area (Å²) in [5.41, 5.74) is -0.298. The van der Waals surface area contributed by atoms with E-state index in [0.29, 0.717) is 39.0 Å². The number of aliphatic hydroxyl groups is 1. The van der Waals surface area contributed by atoms with Gasteiger partial charge in [-0.1, -0.05) is 91.9 Å². The third kappa shape index (κ3) is 4.50. The fourth-order valence-corrected chi connectivity index (χ4v) is 7.23. The first-order valence-corrected chi connectivity index (χ1v) is 14.6. The first-order valence-electron chi connectivity index (χ1n) is 14.6. The van der Waals surface area contributed by atoms with E-state index in [0.717, 1.165) is 11.1 Å². The smallest absolute Gasteiger partial charge is 0.249 e. The van der Waals surface area contributed by atoms with Crippen molar-refractivity contribution in [3.63, 3.8) is 0 Å². The molecule has 1 N–H and O–H groups in total. The summed E-state index contributed by atoms with van der Waals surface area (Å²) in [5.74, 6) is -2.22. The molecular weight excluding hydrogens is 518 g/mol. The zero-order valence-electron chi connectivity index (χ0n) is 23.4. The van der Waals surface area contributed by atoms with E-state index >= 15 is 0 Å². The van der Waals surface area contributed by atoms with Crippen molar-refractivity contribution in [1.29, 1.82) is 0 Å². The highest BCUT2D eigenvalue weighted by atomic mass is 16.5. The van der Waals surface area contributed by atoms with Gasteiger partial charge in [0.05, 0.1) is 17.4 Å². The van der Waals surface area contributed by atoms with Gasteiger partial charge in [0, 0.05) is 39.3 Å². The van der Waals surface area contributed by atoms with Crippen LogP contribution in [0.25, 0.3) is 0 Å². The molecule has 2 aromatic rings. The molecule has 5 atom stereocenters. The molecule has 2 saturated heterocycles. The Bertz CT molecular complexity index is 1360. The Morgan fingerprint density at radius 3 is 1.98 bits per heavy atom. The summed E-state index contributed by atoms with van der Waals surface area (Å²) in [7, 11) is 0. The van der Waals surface area contributed by atoms with Gasteiger partial charge in [-0.05, 0) is 24.0 Å². The van der Waals surface area contributed by atoms with Crippen LogP contribution < -0.4 is 0 Å². The predicted molar refractivity (Wildman–Crippen MR) is 153 cm³/mol. The van der Waals surface area contributed by atoms with Crippen LogP contribution in [0.1, 0.15) is 30.9 Å². The van der Waals surface area contributed by atoms with Crippen LogP contribution in [0, 0.1) is 11.8 Å². The van der Waals surface area contributed by atoms with Gasteiger partial charge in [0.1, 0.15) is 11.6 Å². The maximum absolute atomic E-state index is 14.4. The van der Waals surface area contributed by atoms with Crippen molar-refractivity contribution < 1.29 is 24.2 Å². The molecule has 41 heavy (non-hydrogen) atoms. The minimum absolute atomic E-state index is 0.109. The molecular formula is C33H37N3O5. The highest BCUT2D eigenvalue weighted by molar-refractivity contribution is 6.00. The number of fused-ring (bicyclic) bond motifs is 2. The molecule has 8 heteroatoms. The van der Waals surface area contributed by atoms with Crippen LogP contribution in [0.2, 0.25) is 0 Å². The second kappa shape index (κ2) is 10.9. The van der Waals surface area contributed by atoms with Crippen LogP contribution in [0.3, 0.4) is 0 Å². The minimum Gasteiger partial charge on any atom is -0.396 e. The van der Waals surface area contributed by atoms with Gasteiger partial charge in [0.15, 0.2) is 0 Å². The third-order valence-corrected chi connectivity index (χ3v) is 9.10. The minimum atomic E-state index is -1.29. The van der Waals surface area contributed by atoms with Crippen LogP contribution in [-0.2, 0) is 32.2 Å². The van der Waals surface area contributed by atoms with Crippen molar-refractivity contribution in [3.8, 4) is 0 Å². The predicted octanol–water partition coefficient (Wildman–Crippen LogP) is 2.93. The highest BCUT2D eigenvalue weighted by Crippen LogP contribution is 2.58. The van der Waals surface area contributed by atoms with Crippen molar-refractivity contribution in [1.82, 2.24) is 14.7 Å². The molecule has 214 valence electrons. The number of ether oxygens (including phenoxy) is 1. The second-order valence-corrected chi connectivity index (χ2v) is 11.4. The summed E-state index contributed by atoms with van der Waals surface area (Å²) in [4.78, 5) is 48.3. The van der Waals surface area contributed by atoms with E-state index in [9.17, 15) is 19.5 Å². The molecule has 2 aromatic carbocycles. The normalized spacial score (nSPS) is 30.7. The van der Waals surface area contributed by atoms with Crippen molar-refractivity contribution in [3.05, 3.63) is 96.1 Å². The van der Waals surface area contributed by atoms with Crippen LogP contribution in [0.5, 0.6) is 0 Å². The topological polar surface area (TPSA) is 90.4 Å². The van der Waals surface area contributed by atoms with Gasteiger partial charge in [-0.2, -0.15) is 0 Å². The summed E-state index contributed by atoms with van der Waals surface area (Å²) >= 11 is 0. The van der Waals surface area contributed by atoms with E-state index < -0.39 is 29.1 Å². The lowest BCUT2D eigenvalue weighted by atomic mass is 9.73. The molecule has 0 saturated carbocycles. The summed E-state index contributed by atoms with van der Waals surface area (Å²) < 4.78 is 7.00. The largest absolute Gasteiger partial charge is 0.396 e. The second-order valence-electron chi connectivity index (χ2n) is 11.4. The molecule has 2 fully saturated rings. The molecule has 4 aliphatic rings. The van der Waals surface area contributed by atoms with Crippen molar-refractivity contribution >= 4 is 17.7 Å². The van der Waals surface area contributed by atoms with E-state index in [4.69, 9.17) is 4.74 Å². The molecule has 1 unspecified atom stereocenters. The Morgan fingerprint density at radius 2 is 1.39 bits per heavy atom. The molecule has 0 aliphatic carbocycles. The molecule has 8 nitrogen and oxygen atoms in total. The number of hydrogen-bond donors (Lipinski definition) is 1. The Kier molecular flexibility index (Phi) is 7.30. The first kappa shape index (κ1) is 27.4. The van der Waals surface area contributed by atoms with Gasteiger partial charge >= 0.3 is 0 Å². The highest BCUT2D eigenvalue weighted by Gasteiger charge is 2.75. The van der Waals surface area contributed by atoms with Gasteiger partial charge in [0.25, 0.3) is 0 Å². The van der Waals surface area contributed by atoms with E-state index in [1.807, 2.05) is 91.9 Å². The van der Waals surface area contributed by atoms with Crippen LogP contribution >= 0.6 is 0 Å². The van der Waals surface area contributed by atoms with Crippen LogP contribution in [0.15, 0.2) is 85.0 Å². The van der Waals surface area contributed by atoms with Gasteiger partial charge in [-0.15, -0.1) is 0 Å². The number of likely N-dealkylation sites (tertiary alicyclic amines) is 1. The van der Waals surface area contributed by atoms with Gasteiger partial charge in [0.2, 0.25) is 17.7 Å². The fraction of sp³-hybridized carbons (Fsp3) is 0.424. The average Bonchev–Trinajstić information content (AvgIpc) is 3.29. The Hall–Kier alpha value is -3.75. The number of aliphatic hydroxyl groups excluding tert-OH is 1. The lowest BCUT2D eigenvalue weighted by molar-refractivity contribution is -0.154. The summed E-state index contributed by atoms with van der Waals surface area (Å²) in [6.45, 7) is 3.69. The number of carbonyl (C=O) groups excluding carboxylic acids is 3. The molecule has 0 aromatic heterocycles. The average molecular weight is 556 g/mol. The fourth-order valence-electron chi connectivity index (χ4n) is 7.23. The molecule has 1 spiro atoms. The van der Waals surface area contributed by atoms with Crippen LogP contribution in [0.4, 0.5) is 0 Å². The van der Waals surface area contributed by atoms with E-state index in [2.05, 4.69) is 0 Å². The number of nitrogens with zero attached hydrogens (tertiary/aromatic N) is 3. The molecule has 4 heterocycles. The number of benzene rings is 2. The van der Waals surface area contributed by atoms with E-state index in [1.165, 1.54) is 0 Å². The summed E-state index contributed by atoms with van der Waals surface area (Å²) in [6.07, 6.45) is 8.55. The van der Waals surface area contributed by atoms with Gasteiger partial charge in [-0.25, -0.2) is 0 Å². The van der Waals surface area contributed by atoms with Crippen molar-refractivity contribution in [2.75, 3.05) is 26.2 Å². The molecule has 0 bridgehead atoms. The monoisotopic (exact) mass is 555 g/mol. The Morgan fingerprint density at radius 1 is 0.805 bits per heavy atom. The van der Waals surface area contributed by atoms with E-state index in [-0.39, 0.29) is 30.9 Å². The van der Waals surface area contributed by atoms with Crippen molar-refractivity contribution in [2.24, 2.45) is 11.8 Å². The molecule has 4 aliphatic heterocycles. The number of amides is 3. The van der Waals surface area contributed by atoms with Gasteiger partial charge < -0.3 is 24.5 Å². The zero-order valence-corrected chi connectivity index (χ0v) is 23.4. The van der Waals surface area contributed by atoms with E-state index in [1.54, 1.807) is 14.7 Å². The number of hydrogen-bond acceptors (Lipinski definition) is 5. The lowest BCUT2D eigenvalue weighted by Crippen LogP contribution is -2.56. The maximum Gasteiger partial charge on any atom is 0.249 e. The zero-order chi connectivity index (χ0) is 28.6. The van der Waals surface area contributed by atoms with Crippen molar-refractivity contribution in [2.45, 2.75) is 50.1 Å². The first-order chi connectivity index (χ1) is 19.9. The maximum atomic E-state index is 14.4. The quantitative estimate of drug-likeness (QED) is 0.506. The summed E-state index contributed by atoms with van der Waals surface area (Å²) in [6, 6.07) is 18.7. The standard InChI is InChI=1S/C33H37N3O5/c1-2-32-16-9-18-34(22-24-12-5-3-6-13-24)29(38)26(32)27-30(39)36(20-11-21-37)28-31(40)35(19-10-17-33(27,28)41-32)23-25-14-7-4-8-15-25/h3-10,12-17,26-28,37H,2,11,18-23H2,1H3/t26-,27-,28?,32+,33-/m0/s1. The Balaban J connectivity index is 1.41. The number of carbonyl (C=O) groups is 3. The molecule has 0 radical (unpaired) electrons.